The third-order valence-corrected chi connectivity index (χ3v) is 1.77. The Kier molecular flexibility index (Phi) is 4.74. The van der Waals surface area contributed by atoms with Crippen LogP contribution in [0, 0.1) is 0 Å². The number of amides is 1. The number of hydrogen-bond donors (Lipinski definition) is 3. The van der Waals surface area contributed by atoms with Crippen molar-refractivity contribution < 1.29 is 14.7 Å². The maximum absolute atomic E-state index is 11.5. The van der Waals surface area contributed by atoms with Gasteiger partial charge in [-0.05, 0) is 34.6 Å². The highest BCUT2D eigenvalue weighted by molar-refractivity contribution is 5.86. The molecule has 0 aromatic heterocycles. The summed E-state index contributed by atoms with van der Waals surface area (Å²) in [6.07, 6.45) is 0. The van der Waals surface area contributed by atoms with E-state index in [1.807, 2.05) is 20.8 Å². The van der Waals surface area contributed by atoms with Gasteiger partial charge in [-0.25, -0.2) is 0 Å². The molecular formula is C10H20N2O3. The van der Waals surface area contributed by atoms with Gasteiger partial charge in [0, 0.05) is 5.54 Å². The van der Waals surface area contributed by atoms with Crippen molar-refractivity contribution in [2.24, 2.45) is 0 Å². The van der Waals surface area contributed by atoms with Crippen LogP contribution in [0.15, 0.2) is 0 Å². The topological polar surface area (TPSA) is 78.4 Å². The largest absolute Gasteiger partial charge is 0.480 e. The molecule has 0 aliphatic heterocycles. The molecule has 0 rings (SSSR count). The first-order chi connectivity index (χ1) is 6.63. The fourth-order valence-corrected chi connectivity index (χ4v) is 1.12. The second-order valence-corrected chi connectivity index (χ2v) is 4.68. The Bertz CT molecular complexity index is 246. The average molecular weight is 216 g/mol. The van der Waals surface area contributed by atoms with Gasteiger partial charge in [-0.15, -0.1) is 0 Å². The Balaban J connectivity index is 4.17. The van der Waals surface area contributed by atoms with Crippen molar-refractivity contribution in [3.05, 3.63) is 0 Å². The molecule has 5 heteroatoms. The van der Waals surface area contributed by atoms with Crippen molar-refractivity contribution in [2.75, 3.05) is 0 Å². The summed E-state index contributed by atoms with van der Waals surface area (Å²) in [6.45, 7) is 8.96. The van der Waals surface area contributed by atoms with Gasteiger partial charge in [0.15, 0.2) is 0 Å². The maximum Gasteiger partial charge on any atom is 0.325 e. The van der Waals surface area contributed by atoms with Crippen LogP contribution >= 0.6 is 0 Å². The predicted octanol–water partition coefficient (Wildman–Crippen LogP) is 0.352. The van der Waals surface area contributed by atoms with Crippen molar-refractivity contribution in [1.29, 1.82) is 0 Å². The van der Waals surface area contributed by atoms with Crippen molar-refractivity contribution in [1.82, 2.24) is 10.6 Å². The van der Waals surface area contributed by atoms with Crippen LogP contribution in [0.5, 0.6) is 0 Å². The van der Waals surface area contributed by atoms with Crippen LogP contribution in [-0.2, 0) is 9.59 Å². The molecule has 15 heavy (non-hydrogen) atoms. The maximum atomic E-state index is 11.5. The lowest BCUT2D eigenvalue weighted by Gasteiger charge is -2.25. The van der Waals surface area contributed by atoms with Crippen LogP contribution in [-0.4, -0.2) is 34.6 Å². The Morgan fingerprint density at radius 1 is 1.13 bits per heavy atom. The zero-order valence-electron chi connectivity index (χ0n) is 9.92. The van der Waals surface area contributed by atoms with Gasteiger partial charge in [-0.2, -0.15) is 0 Å². The number of aliphatic carboxylic acids is 1. The summed E-state index contributed by atoms with van der Waals surface area (Å²) in [6, 6.07) is -1.27. The normalized spacial score (nSPS) is 15.5. The third-order valence-electron chi connectivity index (χ3n) is 1.77. The first kappa shape index (κ1) is 13.9. The minimum Gasteiger partial charge on any atom is -0.480 e. The van der Waals surface area contributed by atoms with E-state index < -0.39 is 18.1 Å². The summed E-state index contributed by atoms with van der Waals surface area (Å²) in [7, 11) is 0. The molecule has 0 unspecified atom stereocenters. The molecule has 3 N–H and O–H groups in total. The fourth-order valence-electron chi connectivity index (χ4n) is 1.12. The minimum absolute atomic E-state index is 0.177. The van der Waals surface area contributed by atoms with E-state index in [2.05, 4.69) is 10.6 Å². The summed E-state index contributed by atoms with van der Waals surface area (Å²) in [5.74, 6) is -1.34. The van der Waals surface area contributed by atoms with E-state index in [1.54, 1.807) is 6.92 Å². The fraction of sp³-hybridized carbons (Fsp3) is 0.800. The monoisotopic (exact) mass is 216 g/mol. The molecule has 0 bridgehead atoms. The lowest BCUT2D eigenvalue weighted by atomic mass is 10.1. The summed E-state index contributed by atoms with van der Waals surface area (Å²) in [5.41, 5.74) is -0.177. The molecule has 0 aromatic rings. The molecule has 0 fully saturated rings. The number of carbonyl (C=O) groups is 2. The molecule has 0 heterocycles. The standard InChI is InChI=1S/C10H20N2O3/c1-6(12-10(3,4)5)8(13)11-7(2)9(14)15/h6-7,12H,1-5H3,(H,11,13)(H,14,15)/t6-,7-/m1/s1. The Hall–Kier alpha value is -1.10. The van der Waals surface area contributed by atoms with Gasteiger partial charge in [0.2, 0.25) is 5.91 Å². The number of hydrogen-bond acceptors (Lipinski definition) is 3. The van der Waals surface area contributed by atoms with E-state index in [0.717, 1.165) is 0 Å². The van der Waals surface area contributed by atoms with Crippen LogP contribution in [0.4, 0.5) is 0 Å². The smallest absolute Gasteiger partial charge is 0.325 e. The average Bonchev–Trinajstić information content (AvgIpc) is 2.00. The van der Waals surface area contributed by atoms with Crippen LogP contribution in [0.2, 0.25) is 0 Å². The Labute approximate surface area is 90.2 Å². The number of carboxylic acids is 1. The molecule has 0 saturated heterocycles. The van der Waals surface area contributed by atoms with E-state index in [-0.39, 0.29) is 11.4 Å². The third kappa shape index (κ3) is 6.06. The van der Waals surface area contributed by atoms with E-state index in [1.165, 1.54) is 6.92 Å². The molecule has 0 spiro atoms. The summed E-state index contributed by atoms with van der Waals surface area (Å²) in [5, 5.41) is 14.1. The van der Waals surface area contributed by atoms with E-state index in [0.29, 0.717) is 0 Å². The molecule has 0 radical (unpaired) electrons. The molecule has 5 nitrogen and oxygen atoms in total. The van der Waals surface area contributed by atoms with Gasteiger partial charge in [-0.3, -0.25) is 9.59 Å². The molecule has 1 amide bonds. The van der Waals surface area contributed by atoms with Gasteiger partial charge in [-0.1, -0.05) is 0 Å². The van der Waals surface area contributed by atoms with Crippen molar-refractivity contribution in [3.8, 4) is 0 Å². The van der Waals surface area contributed by atoms with Gasteiger partial charge in [0.05, 0.1) is 6.04 Å². The molecule has 0 aliphatic carbocycles. The van der Waals surface area contributed by atoms with Crippen LogP contribution < -0.4 is 10.6 Å². The summed E-state index contributed by atoms with van der Waals surface area (Å²) in [4.78, 5) is 22.0. The number of rotatable bonds is 4. The molecule has 0 aromatic carbocycles. The van der Waals surface area contributed by atoms with Crippen LogP contribution in [0.1, 0.15) is 34.6 Å². The zero-order chi connectivity index (χ0) is 12.2. The van der Waals surface area contributed by atoms with E-state index in [9.17, 15) is 9.59 Å². The number of nitrogens with one attached hydrogen (secondary N) is 2. The van der Waals surface area contributed by atoms with E-state index in [4.69, 9.17) is 5.11 Å². The van der Waals surface area contributed by atoms with Crippen LogP contribution in [0.3, 0.4) is 0 Å². The van der Waals surface area contributed by atoms with Crippen LogP contribution in [0.25, 0.3) is 0 Å². The van der Waals surface area contributed by atoms with E-state index >= 15 is 0 Å². The molecule has 0 aliphatic rings. The highest BCUT2D eigenvalue weighted by Crippen LogP contribution is 2.01. The lowest BCUT2D eigenvalue weighted by Crippen LogP contribution is -2.52. The lowest BCUT2D eigenvalue weighted by molar-refractivity contribution is -0.141. The summed E-state index contributed by atoms with van der Waals surface area (Å²) >= 11 is 0. The van der Waals surface area contributed by atoms with Gasteiger partial charge >= 0.3 is 5.97 Å². The first-order valence-corrected chi connectivity index (χ1v) is 4.94. The highest BCUT2D eigenvalue weighted by atomic mass is 16.4. The molecule has 0 saturated carbocycles. The van der Waals surface area contributed by atoms with Crippen molar-refractivity contribution in [3.63, 3.8) is 0 Å². The zero-order valence-corrected chi connectivity index (χ0v) is 9.92. The van der Waals surface area contributed by atoms with Crippen molar-refractivity contribution >= 4 is 11.9 Å². The second kappa shape index (κ2) is 5.11. The highest BCUT2D eigenvalue weighted by Gasteiger charge is 2.22. The van der Waals surface area contributed by atoms with Gasteiger partial charge in [0.25, 0.3) is 0 Å². The number of carboxylic acid groups (broad SMARTS) is 1. The first-order valence-electron chi connectivity index (χ1n) is 4.94. The number of carbonyl (C=O) groups excluding carboxylic acids is 1. The molecule has 88 valence electrons. The summed E-state index contributed by atoms with van der Waals surface area (Å²) < 4.78 is 0. The minimum atomic E-state index is -1.04. The van der Waals surface area contributed by atoms with Gasteiger partial charge < -0.3 is 15.7 Å². The Morgan fingerprint density at radius 3 is 1.93 bits per heavy atom. The Morgan fingerprint density at radius 2 is 1.60 bits per heavy atom. The molecule has 2 atom stereocenters. The second-order valence-electron chi connectivity index (χ2n) is 4.68. The predicted molar refractivity (Wildman–Crippen MR) is 57.6 cm³/mol. The quantitative estimate of drug-likeness (QED) is 0.633. The molecular weight excluding hydrogens is 196 g/mol. The SMILES string of the molecule is C[C@@H](NC(=O)[C@@H](C)NC(C)(C)C)C(=O)O. The van der Waals surface area contributed by atoms with Crippen molar-refractivity contribution in [2.45, 2.75) is 52.2 Å². The van der Waals surface area contributed by atoms with Gasteiger partial charge in [0.1, 0.15) is 6.04 Å².